The fourth-order valence-electron chi connectivity index (χ4n) is 0.689. The summed E-state index contributed by atoms with van der Waals surface area (Å²) >= 11 is 11.4. The van der Waals surface area contributed by atoms with Gasteiger partial charge in [-0.2, -0.15) is 0 Å². The van der Waals surface area contributed by atoms with E-state index in [1.807, 2.05) is 19.1 Å². The van der Waals surface area contributed by atoms with E-state index in [0.29, 0.717) is 10.3 Å². The maximum Gasteiger partial charge on any atom is 0.166 e. The van der Waals surface area contributed by atoms with Crippen LogP contribution >= 0.6 is 23.2 Å². The highest BCUT2D eigenvalue weighted by atomic mass is 35.5. The van der Waals surface area contributed by atoms with Crippen LogP contribution in [0.15, 0.2) is 18.5 Å². The van der Waals surface area contributed by atoms with Crippen molar-refractivity contribution in [3.8, 4) is 0 Å². The summed E-state index contributed by atoms with van der Waals surface area (Å²) in [5.74, 6) is 0. The van der Waals surface area contributed by atoms with E-state index >= 15 is 0 Å². The van der Waals surface area contributed by atoms with Crippen LogP contribution in [0.25, 0.3) is 0 Å². The zero-order valence-electron chi connectivity index (χ0n) is 6.09. The predicted molar refractivity (Wildman–Crippen MR) is 47.1 cm³/mol. The Balaban J connectivity index is 2.78. The molecule has 0 spiro atoms. The highest BCUT2D eigenvalue weighted by Crippen LogP contribution is 2.18. The Kier molecular flexibility index (Phi) is 2.97. The van der Waals surface area contributed by atoms with E-state index in [9.17, 15) is 0 Å². The number of allylic oxidation sites excluding steroid dienone is 2. The van der Waals surface area contributed by atoms with Crippen LogP contribution in [-0.2, 0) is 6.54 Å². The molecule has 4 heteroatoms. The van der Waals surface area contributed by atoms with Gasteiger partial charge in [0.05, 0.1) is 6.33 Å². The van der Waals surface area contributed by atoms with Crippen LogP contribution in [0, 0.1) is 0 Å². The first kappa shape index (κ1) is 8.62. The minimum absolute atomic E-state index is 0.358. The number of nitrogens with zero attached hydrogens (tertiary/aromatic N) is 2. The lowest BCUT2D eigenvalue weighted by atomic mass is 10.5. The fraction of sp³-hybridized carbons (Fsp3) is 0.286. The average Bonchev–Trinajstić information content (AvgIpc) is 2.31. The molecule has 0 saturated heterocycles. The molecule has 0 fully saturated rings. The number of hydrogen-bond donors (Lipinski definition) is 0. The zero-order valence-corrected chi connectivity index (χ0v) is 7.60. The first-order valence-electron chi connectivity index (χ1n) is 3.23. The van der Waals surface area contributed by atoms with Crippen LogP contribution in [0.2, 0.25) is 10.3 Å². The zero-order chi connectivity index (χ0) is 8.27. The average molecular weight is 191 g/mol. The van der Waals surface area contributed by atoms with E-state index in [1.54, 1.807) is 10.9 Å². The molecule has 0 aromatic carbocycles. The molecule has 60 valence electrons. The Morgan fingerprint density at radius 3 is 2.82 bits per heavy atom. The van der Waals surface area contributed by atoms with E-state index in [0.717, 1.165) is 6.54 Å². The summed E-state index contributed by atoms with van der Waals surface area (Å²) in [6, 6.07) is 0. The number of aromatic nitrogens is 2. The highest BCUT2D eigenvalue weighted by Gasteiger charge is 2.02. The number of imidazole rings is 1. The third kappa shape index (κ3) is 1.98. The Labute approximate surface area is 75.4 Å². The topological polar surface area (TPSA) is 17.8 Å². The number of halogens is 2. The molecule has 0 aliphatic carbocycles. The van der Waals surface area contributed by atoms with Crippen molar-refractivity contribution in [2.75, 3.05) is 0 Å². The van der Waals surface area contributed by atoms with Gasteiger partial charge in [0.2, 0.25) is 0 Å². The summed E-state index contributed by atoms with van der Waals surface area (Å²) in [5.41, 5.74) is 0. The molecule has 0 N–H and O–H groups in total. The molecule has 0 bridgehead atoms. The molecule has 0 aliphatic rings. The minimum Gasteiger partial charge on any atom is -0.317 e. The molecule has 11 heavy (non-hydrogen) atoms. The summed E-state index contributed by atoms with van der Waals surface area (Å²) < 4.78 is 1.77. The monoisotopic (exact) mass is 190 g/mol. The van der Waals surface area contributed by atoms with Gasteiger partial charge in [-0.15, -0.1) is 0 Å². The van der Waals surface area contributed by atoms with Crippen molar-refractivity contribution >= 4 is 23.2 Å². The van der Waals surface area contributed by atoms with Gasteiger partial charge in [0.25, 0.3) is 0 Å². The molecule has 0 unspecified atom stereocenters. The highest BCUT2D eigenvalue weighted by molar-refractivity contribution is 6.40. The Morgan fingerprint density at radius 2 is 2.36 bits per heavy atom. The van der Waals surface area contributed by atoms with Crippen molar-refractivity contribution in [3.63, 3.8) is 0 Å². The first-order valence-corrected chi connectivity index (χ1v) is 3.98. The summed E-state index contributed by atoms with van der Waals surface area (Å²) in [4.78, 5) is 3.83. The molecule has 0 amide bonds. The summed E-state index contributed by atoms with van der Waals surface area (Å²) in [6.45, 7) is 2.67. The van der Waals surface area contributed by atoms with Gasteiger partial charge < -0.3 is 4.57 Å². The maximum atomic E-state index is 5.78. The molecule has 0 saturated carbocycles. The van der Waals surface area contributed by atoms with E-state index < -0.39 is 0 Å². The molecular weight excluding hydrogens is 183 g/mol. The van der Waals surface area contributed by atoms with Crippen LogP contribution in [0.3, 0.4) is 0 Å². The van der Waals surface area contributed by atoms with Gasteiger partial charge in [0.15, 0.2) is 5.15 Å². The van der Waals surface area contributed by atoms with Crippen LogP contribution in [0.5, 0.6) is 0 Å². The second-order valence-corrected chi connectivity index (χ2v) is 2.76. The summed E-state index contributed by atoms with van der Waals surface area (Å²) in [5, 5.41) is 0.848. The largest absolute Gasteiger partial charge is 0.317 e. The first-order chi connectivity index (χ1) is 5.25. The molecule has 1 aromatic heterocycles. The van der Waals surface area contributed by atoms with Gasteiger partial charge >= 0.3 is 0 Å². The smallest absolute Gasteiger partial charge is 0.166 e. The summed E-state index contributed by atoms with van der Waals surface area (Å²) in [6.07, 6.45) is 5.54. The van der Waals surface area contributed by atoms with Gasteiger partial charge in [-0.25, -0.2) is 4.98 Å². The second kappa shape index (κ2) is 3.79. The number of rotatable bonds is 2. The molecule has 0 radical (unpaired) electrons. The summed E-state index contributed by atoms with van der Waals surface area (Å²) in [7, 11) is 0. The van der Waals surface area contributed by atoms with Crippen molar-refractivity contribution in [1.82, 2.24) is 9.55 Å². The standard InChI is InChI=1S/C7H8Cl2N2/c1-2-3-4-11-5-10-6(8)7(11)9/h2-3,5H,4H2,1H3/b3-2+. The van der Waals surface area contributed by atoms with Crippen molar-refractivity contribution in [2.24, 2.45) is 0 Å². The van der Waals surface area contributed by atoms with Gasteiger partial charge in [-0.05, 0) is 6.92 Å². The quantitative estimate of drug-likeness (QED) is 0.657. The van der Waals surface area contributed by atoms with Gasteiger partial charge in [-0.1, -0.05) is 35.4 Å². The third-order valence-electron chi connectivity index (χ3n) is 1.27. The SMILES string of the molecule is C/C=C/Cn1cnc(Cl)c1Cl. The van der Waals surface area contributed by atoms with Crippen LogP contribution in [-0.4, -0.2) is 9.55 Å². The van der Waals surface area contributed by atoms with Crippen LogP contribution < -0.4 is 0 Å². The second-order valence-electron chi connectivity index (χ2n) is 2.05. The van der Waals surface area contributed by atoms with Gasteiger partial charge in [-0.3, -0.25) is 0 Å². The van der Waals surface area contributed by atoms with Crippen molar-refractivity contribution < 1.29 is 0 Å². The molecule has 1 heterocycles. The molecule has 0 atom stereocenters. The Morgan fingerprint density at radius 1 is 1.64 bits per heavy atom. The van der Waals surface area contributed by atoms with Gasteiger partial charge in [0, 0.05) is 6.54 Å². The Hall–Kier alpha value is -0.470. The molecule has 1 aromatic rings. The van der Waals surface area contributed by atoms with Crippen molar-refractivity contribution in [2.45, 2.75) is 13.5 Å². The lowest BCUT2D eigenvalue weighted by Crippen LogP contribution is -1.91. The third-order valence-corrected chi connectivity index (χ3v) is 2.04. The van der Waals surface area contributed by atoms with Crippen LogP contribution in [0.4, 0.5) is 0 Å². The van der Waals surface area contributed by atoms with Crippen LogP contribution in [0.1, 0.15) is 6.92 Å². The Bertz CT molecular complexity index is 265. The van der Waals surface area contributed by atoms with Crippen molar-refractivity contribution in [1.29, 1.82) is 0 Å². The van der Waals surface area contributed by atoms with Crippen molar-refractivity contribution in [3.05, 3.63) is 28.8 Å². The molecule has 2 nitrogen and oxygen atoms in total. The van der Waals surface area contributed by atoms with E-state index in [2.05, 4.69) is 4.98 Å². The van der Waals surface area contributed by atoms with E-state index in [1.165, 1.54) is 0 Å². The van der Waals surface area contributed by atoms with Gasteiger partial charge in [0.1, 0.15) is 5.15 Å². The molecular formula is C7H8Cl2N2. The molecule has 1 rings (SSSR count). The minimum atomic E-state index is 0.358. The molecule has 0 aliphatic heterocycles. The predicted octanol–water partition coefficient (Wildman–Crippen LogP) is 2.77. The lowest BCUT2D eigenvalue weighted by Gasteiger charge is -1.96. The fourth-order valence-corrected chi connectivity index (χ4v) is 1.00. The maximum absolute atomic E-state index is 5.78. The lowest BCUT2D eigenvalue weighted by molar-refractivity contribution is 0.820. The number of hydrogen-bond acceptors (Lipinski definition) is 1. The van der Waals surface area contributed by atoms with E-state index in [4.69, 9.17) is 23.2 Å². The normalized spacial score (nSPS) is 11.2. The van der Waals surface area contributed by atoms with E-state index in [-0.39, 0.29) is 0 Å².